The number of nitrogens with zero attached hydrogens (tertiary/aromatic N) is 1. The number of pyridine rings is 1. The number of rotatable bonds is 4. The van der Waals surface area contributed by atoms with Crippen molar-refractivity contribution in [3.63, 3.8) is 0 Å². The summed E-state index contributed by atoms with van der Waals surface area (Å²) in [5.41, 5.74) is 1.99. The summed E-state index contributed by atoms with van der Waals surface area (Å²) < 4.78 is 0. The van der Waals surface area contributed by atoms with Crippen molar-refractivity contribution in [1.29, 1.82) is 0 Å². The molecular weight excluding hydrogens is 308 g/mol. The second-order valence-electron chi connectivity index (χ2n) is 6.91. The molecule has 0 saturated carbocycles. The number of nitrogens with one attached hydrogen (secondary N) is 1. The number of fused-ring (bicyclic) bond motifs is 1. The summed E-state index contributed by atoms with van der Waals surface area (Å²) >= 11 is 0. The first-order chi connectivity index (χ1) is 11.5. The van der Waals surface area contributed by atoms with Crippen LogP contribution in [-0.4, -0.2) is 40.0 Å². The SMILES string of the molecule is O=C(O)CCC1CCCN(C(=O)c2cc3c([nH]c2=O)CCCC3)C1. The molecule has 1 fully saturated rings. The van der Waals surface area contributed by atoms with Crippen LogP contribution in [0.3, 0.4) is 0 Å². The molecule has 24 heavy (non-hydrogen) atoms. The van der Waals surface area contributed by atoms with Gasteiger partial charge in [0.1, 0.15) is 5.56 Å². The molecule has 2 N–H and O–H groups in total. The number of aromatic amines is 1. The van der Waals surface area contributed by atoms with Gasteiger partial charge in [-0.1, -0.05) is 0 Å². The molecule has 6 nitrogen and oxygen atoms in total. The van der Waals surface area contributed by atoms with Gasteiger partial charge in [0.25, 0.3) is 11.5 Å². The number of aryl methyl sites for hydroxylation is 2. The van der Waals surface area contributed by atoms with Gasteiger partial charge in [-0.15, -0.1) is 0 Å². The van der Waals surface area contributed by atoms with Crippen molar-refractivity contribution >= 4 is 11.9 Å². The molecule has 3 rings (SSSR count). The molecule has 0 radical (unpaired) electrons. The third kappa shape index (κ3) is 3.68. The third-order valence-corrected chi connectivity index (χ3v) is 5.14. The number of aromatic nitrogens is 1. The number of hydrogen-bond acceptors (Lipinski definition) is 3. The molecule has 1 atom stereocenters. The number of aliphatic carboxylic acids is 1. The molecule has 0 spiro atoms. The van der Waals surface area contributed by atoms with E-state index in [9.17, 15) is 14.4 Å². The standard InChI is InChI=1S/C18H24N2O4/c21-16(22)8-7-12-4-3-9-20(11-12)18(24)14-10-13-5-1-2-6-15(13)19-17(14)23/h10,12H,1-9,11H2,(H,19,23)(H,21,22). The summed E-state index contributed by atoms with van der Waals surface area (Å²) in [4.78, 5) is 40.4. The van der Waals surface area contributed by atoms with Crippen molar-refractivity contribution in [3.05, 3.63) is 33.2 Å². The molecule has 130 valence electrons. The number of H-pyrrole nitrogens is 1. The topological polar surface area (TPSA) is 90.5 Å². The quantitative estimate of drug-likeness (QED) is 0.882. The summed E-state index contributed by atoms with van der Waals surface area (Å²) in [5, 5.41) is 8.82. The number of hydrogen-bond donors (Lipinski definition) is 2. The zero-order valence-electron chi connectivity index (χ0n) is 13.8. The molecule has 1 amide bonds. The molecule has 1 saturated heterocycles. The van der Waals surface area contributed by atoms with E-state index >= 15 is 0 Å². The van der Waals surface area contributed by atoms with Crippen LogP contribution in [0.5, 0.6) is 0 Å². The van der Waals surface area contributed by atoms with Gasteiger partial charge in [-0.25, -0.2) is 0 Å². The minimum absolute atomic E-state index is 0.131. The predicted molar refractivity (Wildman–Crippen MR) is 89.2 cm³/mol. The fraction of sp³-hybridized carbons (Fsp3) is 0.611. The summed E-state index contributed by atoms with van der Waals surface area (Å²) in [6, 6.07) is 1.77. The fourth-order valence-corrected chi connectivity index (χ4v) is 3.82. The highest BCUT2D eigenvalue weighted by Crippen LogP contribution is 2.23. The maximum Gasteiger partial charge on any atom is 0.303 e. The molecule has 6 heteroatoms. The van der Waals surface area contributed by atoms with Crippen LogP contribution in [0, 0.1) is 5.92 Å². The number of carbonyl (C=O) groups excluding carboxylic acids is 1. The van der Waals surface area contributed by atoms with Crippen molar-refractivity contribution < 1.29 is 14.7 Å². The number of carbonyl (C=O) groups is 2. The molecule has 0 bridgehead atoms. The first-order valence-electron chi connectivity index (χ1n) is 8.80. The maximum absolute atomic E-state index is 12.8. The monoisotopic (exact) mass is 332 g/mol. The van der Waals surface area contributed by atoms with Crippen LogP contribution in [0.4, 0.5) is 0 Å². The number of piperidine rings is 1. The van der Waals surface area contributed by atoms with Crippen molar-refractivity contribution in [2.75, 3.05) is 13.1 Å². The van der Waals surface area contributed by atoms with Crippen LogP contribution in [0.2, 0.25) is 0 Å². The number of amides is 1. The fourth-order valence-electron chi connectivity index (χ4n) is 3.82. The average Bonchev–Trinajstić information content (AvgIpc) is 2.59. The van der Waals surface area contributed by atoms with Gasteiger partial charge in [0.05, 0.1) is 0 Å². The minimum atomic E-state index is -0.801. The number of likely N-dealkylation sites (tertiary alicyclic amines) is 1. The predicted octanol–water partition coefficient (Wildman–Crippen LogP) is 1.97. The molecule has 1 aliphatic heterocycles. The third-order valence-electron chi connectivity index (χ3n) is 5.14. The Hall–Kier alpha value is -2.11. The minimum Gasteiger partial charge on any atom is -0.481 e. The van der Waals surface area contributed by atoms with E-state index in [0.717, 1.165) is 49.8 Å². The van der Waals surface area contributed by atoms with Gasteiger partial charge in [0.2, 0.25) is 0 Å². The smallest absolute Gasteiger partial charge is 0.303 e. The van der Waals surface area contributed by atoms with Crippen LogP contribution in [-0.2, 0) is 17.6 Å². The number of carboxylic acids is 1. The van der Waals surface area contributed by atoms with Crippen LogP contribution in [0.25, 0.3) is 0 Å². The molecule has 1 unspecified atom stereocenters. The average molecular weight is 332 g/mol. The van der Waals surface area contributed by atoms with E-state index in [0.29, 0.717) is 19.5 Å². The lowest BCUT2D eigenvalue weighted by Gasteiger charge is -2.32. The Balaban J connectivity index is 1.74. The number of carboxylic acid groups (broad SMARTS) is 1. The van der Waals surface area contributed by atoms with Crippen molar-refractivity contribution in [2.45, 2.75) is 51.4 Å². The maximum atomic E-state index is 12.8. The molecule has 1 aromatic rings. The van der Waals surface area contributed by atoms with E-state index in [1.165, 1.54) is 0 Å². The summed E-state index contributed by atoms with van der Waals surface area (Å²) in [7, 11) is 0. The summed E-state index contributed by atoms with van der Waals surface area (Å²) in [6.07, 6.45) is 6.47. The van der Waals surface area contributed by atoms with Crippen LogP contribution in [0.15, 0.2) is 10.9 Å². The molecule has 1 aromatic heterocycles. The van der Waals surface area contributed by atoms with Crippen LogP contribution in [0.1, 0.15) is 60.1 Å². The Kier molecular flexibility index (Phi) is 5.02. The van der Waals surface area contributed by atoms with Crippen molar-refractivity contribution in [1.82, 2.24) is 9.88 Å². The van der Waals surface area contributed by atoms with Gasteiger partial charge >= 0.3 is 5.97 Å². The Bertz CT molecular complexity index is 695. The molecule has 0 aromatic carbocycles. The lowest BCUT2D eigenvalue weighted by atomic mass is 9.92. The van der Waals surface area contributed by atoms with Gasteiger partial charge < -0.3 is 15.0 Å². The van der Waals surface area contributed by atoms with E-state index in [1.807, 2.05) is 0 Å². The van der Waals surface area contributed by atoms with Crippen LogP contribution < -0.4 is 5.56 Å². The highest BCUT2D eigenvalue weighted by atomic mass is 16.4. The summed E-state index contributed by atoms with van der Waals surface area (Å²) in [6.45, 7) is 1.18. The zero-order valence-corrected chi connectivity index (χ0v) is 13.8. The molecular formula is C18H24N2O4. The van der Waals surface area contributed by atoms with Crippen LogP contribution >= 0.6 is 0 Å². The van der Waals surface area contributed by atoms with Gasteiger partial charge in [-0.05, 0) is 62.5 Å². The van der Waals surface area contributed by atoms with E-state index in [1.54, 1.807) is 11.0 Å². The second-order valence-corrected chi connectivity index (χ2v) is 6.91. The normalized spacial score (nSPS) is 20.5. The zero-order chi connectivity index (χ0) is 17.1. The highest BCUT2D eigenvalue weighted by Gasteiger charge is 2.27. The Morgan fingerprint density at radius 2 is 2.04 bits per heavy atom. The lowest BCUT2D eigenvalue weighted by Crippen LogP contribution is -2.42. The van der Waals surface area contributed by atoms with E-state index in [-0.39, 0.29) is 29.4 Å². The highest BCUT2D eigenvalue weighted by molar-refractivity contribution is 5.94. The Labute approximate surface area is 140 Å². The molecule has 2 aliphatic rings. The van der Waals surface area contributed by atoms with E-state index in [4.69, 9.17) is 5.11 Å². The first-order valence-corrected chi connectivity index (χ1v) is 8.80. The van der Waals surface area contributed by atoms with Gasteiger partial charge in [0, 0.05) is 25.2 Å². The van der Waals surface area contributed by atoms with E-state index in [2.05, 4.69) is 4.98 Å². The Morgan fingerprint density at radius 1 is 1.25 bits per heavy atom. The van der Waals surface area contributed by atoms with Gasteiger partial charge in [-0.3, -0.25) is 14.4 Å². The summed E-state index contributed by atoms with van der Waals surface area (Å²) in [5.74, 6) is -0.815. The Morgan fingerprint density at radius 3 is 2.83 bits per heavy atom. The first kappa shape index (κ1) is 16.7. The van der Waals surface area contributed by atoms with Gasteiger partial charge in [-0.2, -0.15) is 0 Å². The molecule has 2 heterocycles. The lowest BCUT2D eigenvalue weighted by molar-refractivity contribution is -0.137. The largest absolute Gasteiger partial charge is 0.481 e. The van der Waals surface area contributed by atoms with Crippen molar-refractivity contribution in [2.24, 2.45) is 5.92 Å². The van der Waals surface area contributed by atoms with E-state index < -0.39 is 5.97 Å². The van der Waals surface area contributed by atoms with Crippen molar-refractivity contribution in [3.8, 4) is 0 Å². The molecule has 1 aliphatic carbocycles. The van der Waals surface area contributed by atoms with Gasteiger partial charge in [0.15, 0.2) is 0 Å². The second kappa shape index (κ2) is 7.20.